The second kappa shape index (κ2) is 13.9. The lowest BCUT2D eigenvalue weighted by molar-refractivity contribution is -0.140. The van der Waals surface area contributed by atoms with E-state index in [0.717, 1.165) is 41.8 Å². The summed E-state index contributed by atoms with van der Waals surface area (Å²) < 4.78 is 32.4. The van der Waals surface area contributed by atoms with Crippen LogP contribution in [0.3, 0.4) is 0 Å². The smallest absolute Gasteiger partial charge is 0.244 e. The molecule has 0 heterocycles. The van der Waals surface area contributed by atoms with Gasteiger partial charge in [-0.05, 0) is 42.2 Å². The molecule has 1 aliphatic rings. The van der Waals surface area contributed by atoms with Crippen LogP contribution in [0.15, 0.2) is 78.9 Å². The Labute approximate surface area is 247 Å². The molecule has 0 radical (unpaired) electrons. The molecule has 8 nitrogen and oxygen atoms in total. The minimum Gasteiger partial charge on any atom is -0.495 e. The van der Waals surface area contributed by atoms with Gasteiger partial charge in [-0.15, -0.1) is 0 Å². The third kappa shape index (κ3) is 8.01. The molecule has 0 aromatic heterocycles. The Bertz CT molecular complexity index is 1440. The van der Waals surface area contributed by atoms with Crippen LogP contribution in [0.25, 0.3) is 0 Å². The Morgan fingerprint density at radius 1 is 0.976 bits per heavy atom. The fourth-order valence-corrected chi connectivity index (χ4v) is 6.21. The van der Waals surface area contributed by atoms with Gasteiger partial charge in [0.25, 0.3) is 0 Å². The maximum Gasteiger partial charge on any atom is 0.244 e. The van der Waals surface area contributed by atoms with Crippen molar-refractivity contribution in [3.63, 3.8) is 0 Å². The molecule has 10 heteroatoms. The molecule has 0 unspecified atom stereocenters. The number of halogens is 1. The highest BCUT2D eigenvalue weighted by Crippen LogP contribution is 2.30. The Kier molecular flexibility index (Phi) is 10.3. The number of hydrogen-bond donors (Lipinski definition) is 1. The zero-order chi connectivity index (χ0) is 29.4. The molecule has 0 spiro atoms. The third-order valence-electron chi connectivity index (χ3n) is 7.30. The molecule has 0 saturated heterocycles. The van der Waals surface area contributed by atoms with Crippen molar-refractivity contribution in [3.8, 4) is 5.75 Å². The van der Waals surface area contributed by atoms with Crippen LogP contribution in [0.2, 0.25) is 5.02 Å². The lowest BCUT2D eigenvalue weighted by Crippen LogP contribution is -2.54. The summed E-state index contributed by atoms with van der Waals surface area (Å²) in [7, 11) is -2.47. The molecule has 3 aromatic rings. The first-order valence-electron chi connectivity index (χ1n) is 13.6. The summed E-state index contributed by atoms with van der Waals surface area (Å²) in [5.74, 6) is -0.503. The van der Waals surface area contributed by atoms with E-state index in [1.165, 1.54) is 12.0 Å². The minimum atomic E-state index is -3.90. The van der Waals surface area contributed by atoms with E-state index in [-0.39, 0.29) is 30.6 Å². The summed E-state index contributed by atoms with van der Waals surface area (Å²) in [5.41, 5.74) is 1.76. The number of para-hydroxylation sites is 2. The first kappa shape index (κ1) is 30.4. The van der Waals surface area contributed by atoms with Crippen LogP contribution in [0.5, 0.6) is 5.75 Å². The standard InChI is InChI=1S/C31H36ClN3O5S/c1-40-29-19-11-10-18-27(29)35(41(2,38)39)22-30(36)34(21-24-14-6-9-17-26(24)32)28(20-23-12-4-3-5-13-23)31(37)33-25-15-7-8-16-25/h3-6,9-14,17-19,25,28H,7-8,15-16,20-22H2,1-2H3,(H,33,37)/t28-/m0/s1. The lowest BCUT2D eigenvalue weighted by Gasteiger charge is -2.34. The van der Waals surface area contributed by atoms with Crippen molar-refractivity contribution in [1.29, 1.82) is 0 Å². The summed E-state index contributed by atoms with van der Waals surface area (Å²) in [6.07, 6.45) is 5.15. The van der Waals surface area contributed by atoms with Crippen molar-refractivity contribution in [2.75, 3.05) is 24.2 Å². The van der Waals surface area contributed by atoms with Gasteiger partial charge in [0.1, 0.15) is 18.3 Å². The van der Waals surface area contributed by atoms with Gasteiger partial charge in [0, 0.05) is 24.0 Å². The molecule has 3 aromatic carbocycles. The van der Waals surface area contributed by atoms with E-state index < -0.39 is 28.5 Å². The number of methoxy groups -OCH3 is 1. The number of rotatable bonds is 12. The fourth-order valence-electron chi connectivity index (χ4n) is 5.16. The van der Waals surface area contributed by atoms with Crippen LogP contribution >= 0.6 is 11.6 Å². The number of amides is 2. The van der Waals surface area contributed by atoms with Crippen molar-refractivity contribution in [2.24, 2.45) is 0 Å². The number of ether oxygens (including phenoxy) is 1. The van der Waals surface area contributed by atoms with E-state index >= 15 is 0 Å². The van der Waals surface area contributed by atoms with Gasteiger partial charge in [-0.1, -0.05) is 85.1 Å². The van der Waals surface area contributed by atoms with Crippen molar-refractivity contribution < 1.29 is 22.7 Å². The number of sulfonamides is 1. The first-order valence-corrected chi connectivity index (χ1v) is 15.9. The Hall–Kier alpha value is -3.56. The monoisotopic (exact) mass is 597 g/mol. The van der Waals surface area contributed by atoms with Crippen LogP contribution in [0, 0.1) is 0 Å². The molecule has 1 N–H and O–H groups in total. The number of nitrogens with zero attached hydrogens (tertiary/aromatic N) is 2. The van der Waals surface area contributed by atoms with Gasteiger partial charge >= 0.3 is 0 Å². The van der Waals surface area contributed by atoms with Crippen LogP contribution in [0.4, 0.5) is 5.69 Å². The van der Waals surface area contributed by atoms with E-state index in [1.807, 2.05) is 36.4 Å². The second-order valence-electron chi connectivity index (χ2n) is 10.3. The summed E-state index contributed by atoms with van der Waals surface area (Å²) in [6.45, 7) is -0.497. The van der Waals surface area contributed by atoms with Crippen molar-refractivity contribution in [3.05, 3.63) is 95.0 Å². The molecule has 1 atom stereocenters. The molecule has 0 aliphatic heterocycles. The zero-order valence-electron chi connectivity index (χ0n) is 23.3. The Morgan fingerprint density at radius 3 is 2.27 bits per heavy atom. The third-order valence-corrected chi connectivity index (χ3v) is 8.80. The van der Waals surface area contributed by atoms with Crippen LogP contribution in [0.1, 0.15) is 36.8 Å². The molecule has 4 rings (SSSR count). The van der Waals surface area contributed by atoms with Gasteiger partial charge in [-0.3, -0.25) is 13.9 Å². The summed E-state index contributed by atoms with van der Waals surface area (Å²) in [4.78, 5) is 29.6. The topological polar surface area (TPSA) is 96.0 Å². The molecule has 2 amide bonds. The molecule has 41 heavy (non-hydrogen) atoms. The first-order chi connectivity index (χ1) is 19.7. The number of benzene rings is 3. The maximum atomic E-state index is 14.2. The highest BCUT2D eigenvalue weighted by molar-refractivity contribution is 7.92. The van der Waals surface area contributed by atoms with Crippen LogP contribution in [-0.2, 0) is 32.6 Å². The van der Waals surface area contributed by atoms with Crippen LogP contribution in [-0.4, -0.2) is 57.1 Å². The van der Waals surface area contributed by atoms with E-state index in [4.69, 9.17) is 16.3 Å². The van der Waals surface area contributed by atoms with E-state index in [1.54, 1.807) is 42.5 Å². The second-order valence-corrected chi connectivity index (χ2v) is 12.6. The Balaban J connectivity index is 1.75. The Morgan fingerprint density at radius 2 is 1.61 bits per heavy atom. The number of anilines is 1. The van der Waals surface area contributed by atoms with Crippen molar-refractivity contribution in [1.82, 2.24) is 10.2 Å². The number of carbonyl (C=O) groups is 2. The highest BCUT2D eigenvalue weighted by Gasteiger charge is 2.35. The van der Waals surface area contributed by atoms with Gasteiger partial charge < -0.3 is 15.0 Å². The van der Waals surface area contributed by atoms with Crippen LogP contribution < -0.4 is 14.4 Å². The summed E-state index contributed by atoms with van der Waals surface area (Å²) in [5, 5.41) is 3.60. The minimum absolute atomic E-state index is 0.0254. The molecular weight excluding hydrogens is 562 g/mol. The maximum absolute atomic E-state index is 14.2. The van der Waals surface area contributed by atoms with Gasteiger partial charge in [0.15, 0.2) is 0 Å². The summed E-state index contributed by atoms with van der Waals surface area (Å²) >= 11 is 6.51. The van der Waals surface area contributed by atoms with E-state index in [9.17, 15) is 18.0 Å². The number of hydrogen-bond acceptors (Lipinski definition) is 5. The lowest BCUT2D eigenvalue weighted by atomic mass is 10.0. The van der Waals surface area contributed by atoms with Gasteiger partial charge in [0.2, 0.25) is 21.8 Å². The quantitative estimate of drug-likeness (QED) is 0.323. The van der Waals surface area contributed by atoms with Gasteiger partial charge in [-0.25, -0.2) is 8.42 Å². The molecule has 1 fully saturated rings. The number of carbonyl (C=O) groups excluding carboxylic acids is 2. The van der Waals surface area contributed by atoms with Crippen molar-refractivity contribution >= 4 is 39.1 Å². The number of nitrogens with one attached hydrogen (secondary N) is 1. The highest BCUT2D eigenvalue weighted by atomic mass is 35.5. The fraction of sp³-hybridized carbons (Fsp3) is 0.355. The predicted molar refractivity (Wildman–Crippen MR) is 162 cm³/mol. The normalized spacial score (nSPS) is 14.3. The average molecular weight is 598 g/mol. The SMILES string of the molecule is COc1ccccc1N(CC(=O)N(Cc1ccccc1Cl)[C@@H](Cc1ccccc1)C(=O)NC1CCCC1)S(C)(=O)=O. The zero-order valence-corrected chi connectivity index (χ0v) is 24.9. The molecule has 1 aliphatic carbocycles. The molecular formula is C31H36ClN3O5S. The average Bonchev–Trinajstić information content (AvgIpc) is 3.47. The van der Waals surface area contributed by atoms with E-state index in [0.29, 0.717) is 16.3 Å². The van der Waals surface area contributed by atoms with Gasteiger partial charge in [0.05, 0.1) is 19.1 Å². The molecule has 1 saturated carbocycles. The van der Waals surface area contributed by atoms with Gasteiger partial charge in [-0.2, -0.15) is 0 Å². The molecule has 218 valence electrons. The van der Waals surface area contributed by atoms with E-state index in [2.05, 4.69) is 5.32 Å². The predicted octanol–water partition coefficient (Wildman–Crippen LogP) is 4.81. The van der Waals surface area contributed by atoms with Crippen molar-refractivity contribution in [2.45, 2.75) is 50.7 Å². The largest absolute Gasteiger partial charge is 0.495 e. The summed E-state index contributed by atoms with van der Waals surface area (Å²) in [6, 6.07) is 22.3. The molecule has 0 bridgehead atoms.